The van der Waals surface area contributed by atoms with Crippen molar-refractivity contribution in [2.24, 2.45) is 0 Å². The summed E-state index contributed by atoms with van der Waals surface area (Å²) in [6.45, 7) is 1.83. The Bertz CT molecular complexity index is 174. The second-order valence-corrected chi connectivity index (χ2v) is 2.20. The van der Waals surface area contributed by atoms with Gasteiger partial charge in [0.25, 0.3) is 0 Å². The second kappa shape index (κ2) is 2.75. The minimum Gasteiger partial charge on any atom is -0.758 e. The first-order valence-electron chi connectivity index (χ1n) is 3.13. The van der Waals surface area contributed by atoms with E-state index in [1.807, 2.05) is 6.92 Å². The number of hydrogen-bond donors (Lipinski definition) is 0. The van der Waals surface area contributed by atoms with Crippen LogP contribution in [0.25, 0.3) is 0 Å². The molecule has 0 amide bonds. The summed E-state index contributed by atoms with van der Waals surface area (Å²) in [5, 5.41) is 11.7. The highest BCUT2D eigenvalue weighted by Gasteiger charge is 2.03. The Balaban J connectivity index is 2.66. The molecule has 0 bridgehead atoms. The summed E-state index contributed by atoms with van der Waals surface area (Å²) in [5.74, 6) is 0.605. The predicted molar refractivity (Wildman–Crippen MR) is 38.9 cm³/mol. The van der Waals surface area contributed by atoms with E-state index in [9.17, 15) is 5.21 Å². The highest BCUT2D eigenvalue weighted by molar-refractivity contribution is 5.19. The van der Waals surface area contributed by atoms with Gasteiger partial charge < -0.3 is 15.0 Å². The van der Waals surface area contributed by atoms with Crippen molar-refractivity contribution in [3.63, 3.8) is 0 Å². The zero-order valence-electron chi connectivity index (χ0n) is 6.07. The maximum absolute atomic E-state index is 10.9. The number of hydroxylamine groups is 2. The van der Waals surface area contributed by atoms with Crippen LogP contribution < -0.4 is 0 Å². The molecule has 0 saturated carbocycles. The Labute approximate surface area is 60.2 Å². The number of nitrogens with zero attached hydrogens (tertiary/aromatic N) is 1. The van der Waals surface area contributed by atoms with Crippen LogP contribution in [0.4, 0.5) is 0 Å². The molecule has 0 spiro atoms. The highest BCUT2D eigenvalue weighted by atomic mass is 16.5. The van der Waals surface area contributed by atoms with E-state index >= 15 is 0 Å². The smallest absolute Gasteiger partial charge is 0.133 e. The minimum absolute atomic E-state index is 0.0705. The Kier molecular flexibility index (Phi) is 1.97. The summed E-state index contributed by atoms with van der Waals surface area (Å²) in [4.78, 5) is 0. The van der Waals surface area contributed by atoms with Crippen LogP contribution in [0.3, 0.4) is 0 Å². The third-order valence-corrected chi connectivity index (χ3v) is 1.43. The van der Waals surface area contributed by atoms with E-state index in [1.165, 1.54) is 6.20 Å². The van der Waals surface area contributed by atoms with Crippen LogP contribution in [-0.4, -0.2) is 18.2 Å². The number of hydrogen-bond acceptors (Lipinski definition) is 3. The first-order valence-corrected chi connectivity index (χ1v) is 3.13. The van der Waals surface area contributed by atoms with Gasteiger partial charge in [-0.2, -0.15) is 0 Å². The Morgan fingerprint density at radius 3 is 2.90 bits per heavy atom. The van der Waals surface area contributed by atoms with E-state index in [1.54, 1.807) is 19.3 Å². The lowest BCUT2D eigenvalue weighted by Crippen LogP contribution is -2.22. The van der Waals surface area contributed by atoms with Crippen molar-refractivity contribution < 1.29 is 4.74 Å². The molecule has 0 aromatic heterocycles. The van der Waals surface area contributed by atoms with Crippen LogP contribution >= 0.6 is 0 Å². The van der Waals surface area contributed by atoms with Gasteiger partial charge in [0, 0.05) is 12.2 Å². The molecule has 0 N–H and O–H groups in total. The zero-order valence-corrected chi connectivity index (χ0v) is 6.07. The van der Waals surface area contributed by atoms with Gasteiger partial charge in [0.05, 0.1) is 7.11 Å². The minimum atomic E-state index is -0.0705. The Hall–Kier alpha value is -0.960. The van der Waals surface area contributed by atoms with E-state index in [0.717, 1.165) is 5.06 Å². The van der Waals surface area contributed by atoms with Crippen molar-refractivity contribution >= 4 is 0 Å². The van der Waals surface area contributed by atoms with Gasteiger partial charge in [0.1, 0.15) is 5.76 Å². The average Bonchev–Trinajstić information content (AvgIpc) is 1.95. The molecule has 0 saturated heterocycles. The fraction of sp³-hybridized carbons (Fsp3) is 0.429. The molecule has 0 radical (unpaired) electrons. The summed E-state index contributed by atoms with van der Waals surface area (Å²) in [6.07, 6.45) is 5.02. The number of ether oxygens (including phenoxy) is 1. The molecule has 3 heteroatoms. The van der Waals surface area contributed by atoms with E-state index in [0.29, 0.717) is 5.76 Å². The molecule has 1 aliphatic heterocycles. The molecule has 3 nitrogen and oxygen atoms in total. The maximum Gasteiger partial charge on any atom is 0.133 e. The normalized spacial score (nSPS) is 24.5. The number of methoxy groups -OCH3 is 1. The molecule has 1 unspecified atom stereocenters. The van der Waals surface area contributed by atoms with Crippen LogP contribution in [0.15, 0.2) is 24.1 Å². The molecule has 1 atom stereocenters. The van der Waals surface area contributed by atoms with Gasteiger partial charge in [-0.1, -0.05) is 6.08 Å². The first kappa shape index (κ1) is 7.15. The lowest BCUT2D eigenvalue weighted by Gasteiger charge is -2.34. The van der Waals surface area contributed by atoms with E-state index < -0.39 is 0 Å². The Morgan fingerprint density at radius 1 is 1.70 bits per heavy atom. The van der Waals surface area contributed by atoms with Gasteiger partial charge in [-0.05, 0) is 13.0 Å². The number of rotatable bonds is 1. The van der Waals surface area contributed by atoms with Gasteiger partial charge in [-0.3, -0.25) is 0 Å². The van der Waals surface area contributed by atoms with Gasteiger partial charge >= 0.3 is 0 Å². The molecule has 0 aromatic rings. The van der Waals surface area contributed by atoms with Crippen molar-refractivity contribution in [2.75, 3.05) is 7.11 Å². The third kappa shape index (κ3) is 1.30. The molecule has 1 heterocycles. The second-order valence-electron chi connectivity index (χ2n) is 2.20. The van der Waals surface area contributed by atoms with Crippen molar-refractivity contribution in [1.82, 2.24) is 5.06 Å². The lowest BCUT2D eigenvalue weighted by molar-refractivity contribution is 0.285. The highest BCUT2D eigenvalue weighted by Crippen LogP contribution is 2.11. The molecule has 0 aliphatic carbocycles. The standard InChI is InChI=1S/C7H10NO2/c1-6-3-4-7(10-2)5-8(6)9/h3-6H,1-2H3/q-1. The molecule has 0 aromatic carbocycles. The van der Waals surface area contributed by atoms with Crippen LogP contribution in [-0.2, 0) is 4.74 Å². The van der Waals surface area contributed by atoms with Crippen LogP contribution in [0.2, 0.25) is 0 Å². The molecule has 56 valence electrons. The molecule has 1 rings (SSSR count). The van der Waals surface area contributed by atoms with Gasteiger partial charge in [0.2, 0.25) is 0 Å². The third-order valence-electron chi connectivity index (χ3n) is 1.43. The predicted octanol–water partition coefficient (Wildman–Crippen LogP) is 1.23. The van der Waals surface area contributed by atoms with Crippen molar-refractivity contribution in [3.8, 4) is 0 Å². The summed E-state index contributed by atoms with van der Waals surface area (Å²) >= 11 is 0. The van der Waals surface area contributed by atoms with Crippen LogP contribution in [0, 0.1) is 5.21 Å². The van der Waals surface area contributed by atoms with Crippen LogP contribution in [0.1, 0.15) is 6.92 Å². The van der Waals surface area contributed by atoms with Crippen LogP contribution in [0.5, 0.6) is 0 Å². The summed E-state index contributed by atoms with van der Waals surface area (Å²) < 4.78 is 4.84. The summed E-state index contributed by atoms with van der Waals surface area (Å²) in [5.41, 5.74) is 0. The zero-order chi connectivity index (χ0) is 7.56. The SMILES string of the molecule is COC1=CN([O-])C(C)C=C1. The maximum atomic E-state index is 10.9. The molecule has 10 heavy (non-hydrogen) atoms. The summed E-state index contributed by atoms with van der Waals surface area (Å²) in [7, 11) is 1.54. The summed E-state index contributed by atoms with van der Waals surface area (Å²) in [6, 6.07) is -0.0705. The fourth-order valence-electron chi connectivity index (χ4n) is 0.726. The molecule has 1 aliphatic rings. The molecular weight excluding hydrogens is 130 g/mol. The van der Waals surface area contributed by atoms with Gasteiger partial charge in [-0.15, -0.1) is 0 Å². The first-order chi connectivity index (χ1) is 4.74. The van der Waals surface area contributed by atoms with Crippen molar-refractivity contribution in [1.29, 1.82) is 0 Å². The van der Waals surface area contributed by atoms with Crippen molar-refractivity contribution in [2.45, 2.75) is 13.0 Å². The monoisotopic (exact) mass is 140 g/mol. The average molecular weight is 140 g/mol. The van der Waals surface area contributed by atoms with Gasteiger partial charge in [0.15, 0.2) is 0 Å². The topological polar surface area (TPSA) is 35.5 Å². The largest absolute Gasteiger partial charge is 0.758 e. The van der Waals surface area contributed by atoms with E-state index in [-0.39, 0.29) is 6.04 Å². The Morgan fingerprint density at radius 2 is 2.40 bits per heavy atom. The van der Waals surface area contributed by atoms with Crippen molar-refractivity contribution in [3.05, 3.63) is 29.3 Å². The van der Waals surface area contributed by atoms with E-state index in [4.69, 9.17) is 4.74 Å². The molecular formula is C7H10NO2-. The van der Waals surface area contributed by atoms with E-state index in [2.05, 4.69) is 0 Å². The lowest BCUT2D eigenvalue weighted by atomic mass is 10.2. The number of allylic oxidation sites excluding steroid dienone is 1. The van der Waals surface area contributed by atoms with Gasteiger partial charge in [-0.25, -0.2) is 0 Å². The fourth-order valence-corrected chi connectivity index (χ4v) is 0.726. The quantitative estimate of drug-likeness (QED) is 0.549. The molecule has 0 fully saturated rings.